The smallest absolute Gasteiger partial charge is 0.337 e. The summed E-state index contributed by atoms with van der Waals surface area (Å²) in [6.45, 7) is 3.89. The number of benzene rings is 1. The third-order valence-electron chi connectivity index (χ3n) is 6.79. The van der Waals surface area contributed by atoms with E-state index in [9.17, 15) is 4.79 Å². The van der Waals surface area contributed by atoms with Crippen LogP contribution in [0.15, 0.2) is 35.1 Å². The van der Waals surface area contributed by atoms with Gasteiger partial charge in [0.1, 0.15) is 0 Å². The van der Waals surface area contributed by atoms with Gasteiger partial charge in [0.15, 0.2) is 0 Å². The fourth-order valence-corrected chi connectivity index (χ4v) is 5.40. The van der Waals surface area contributed by atoms with Crippen molar-refractivity contribution in [2.75, 3.05) is 20.2 Å². The van der Waals surface area contributed by atoms with Gasteiger partial charge in [0.2, 0.25) is 0 Å². The van der Waals surface area contributed by atoms with Crippen LogP contribution in [0.25, 0.3) is 21.3 Å². The zero-order valence-corrected chi connectivity index (χ0v) is 16.5. The SMILES string of the molecule is COC(=O)C1=CO[C@@H](C)[C@H]2CN3CCc4c([nH]c5cccc(N=[N+]=[N-])c45)[C@@H]3C[C@H]12. The zero-order chi connectivity index (χ0) is 20.1. The fraction of sp³-hybridized carbons (Fsp3) is 0.476. The van der Waals surface area contributed by atoms with Crippen LogP contribution in [0.4, 0.5) is 5.69 Å². The molecule has 0 bridgehead atoms. The molecule has 0 spiro atoms. The number of esters is 1. The Morgan fingerprint density at radius 1 is 1.45 bits per heavy atom. The molecule has 3 aliphatic heterocycles. The van der Waals surface area contributed by atoms with E-state index in [1.54, 1.807) is 6.26 Å². The Labute approximate surface area is 168 Å². The molecule has 29 heavy (non-hydrogen) atoms. The average Bonchev–Trinajstić information content (AvgIpc) is 3.13. The topological polar surface area (TPSA) is 103 Å². The number of carbonyl (C=O) groups is 1. The minimum absolute atomic E-state index is 0.0648. The molecule has 1 saturated heterocycles. The summed E-state index contributed by atoms with van der Waals surface area (Å²) in [6, 6.07) is 5.97. The van der Waals surface area contributed by atoms with E-state index in [4.69, 9.17) is 15.0 Å². The summed E-state index contributed by atoms with van der Waals surface area (Å²) >= 11 is 0. The Balaban J connectivity index is 1.58. The van der Waals surface area contributed by atoms with Gasteiger partial charge in [-0.3, -0.25) is 4.90 Å². The number of H-pyrrole nitrogens is 1. The number of hydrogen-bond acceptors (Lipinski definition) is 5. The number of methoxy groups -OCH3 is 1. The molecular formula is C21H23N5O3. The highest BCUT2D eigenvalue weighted by molar-refractivity contribution is 5.95. The largest absolute Gasteiger partial charge is 0.497 e. The van der Waals surface area contributed by atoms with E-state index in [0.29, 0.717) is 11.3 Å². The molecule has 3 aliphatic rings. The lowest BCUT2D eigenvalue weighted by Crippen LogP contribution is -2.51. The van der Waals surface area contributed by atoms with Gasteiger partial charge in [-0.15, -0.1) is 0 Å². The van der Waals surface area contributed by atoms with Crippen molar-refractivity contribution < 1.29 is 14.3 Å². The summed E-state index contributed by atoms with van der Waals surface area (Å²) in [4.78, 5) is 21.4. The van der Waals surface area contributed by atoms with E-state index in [2.05, 4.69) is 26.8 Å². The zero-order valence-electron chi connectivity index (χ0n) is 16.5. The standard InChI is InChI=1S/C21H23N5O3/c1-11-14-9-26-7-6-12-19-16(4-3-5-17(19)24-25-22)23-20(12)18(26)8-13(14)15(10-29-11)21(27)28-2/h3-5,10-11,13-14,18,23H,6-9H2,1-2H3/t11-,13-,14+,18-/m0/s1. The van der Waals surface area contributed by atoms with Crippen molar-refractivity contribution in [3.05, 3.63) is 51.7 Å². The van der Waals surface area contributed by atoms with Crippen molar-refractivity contribution in [2.24, 2.45) is 17.0 Å². The summed E-state index contributed by atoms with van der Waals surface area (Å²) in [6.07, 6.45) is 3.39. The van der Waals surface area contributed by atoms with E-state index in [1.807, 2.05) is 18.2 Å². The highest BCUT2D eigenvalue weighted by Gasteiger charge is 2.47. The second kappa shape index (κ2) is 6.83. The van der Waals surface area contributed by atoms with Crippen LogP contribution < -0.4 is 0 Å². The minimum Gasteiger partial charge on any atom is -0.497 e. The molecule has 2 aromatic rings. The van der Waals surface area contributed by atoms with Gasteiger partial charge in [-0.1, -0.05) is 17.2 Å². The van der Waals surface area contributed by atoms with Crippen molar-refractivity contribution in [1.29, 1.82) is 0 Å². The highest BCUT2D eigenvalue weighted by Crippen LogP contribution is 2.48. The Hall–Kier alpha value is -2.96. The molecule has 0 aliphatic carbocycles. The van der Waals surface area contributed by atoms with E-state index >= 15 is 0 Å². The number of nitrogens with one attached hydrogen (secondary N) is 1. The van der Waals surface area contributed by atoms with Crippen molar-refractivity contribution in [3.8, 4) is 0 Å². The molecule has 1 fully saturated rings. The maximum atomic E-state index is 12.4. The number of hydrogen-bond donors (Lipinski definition) is 1. The van der Waals surface area contributed by atoms with Crippen molar-refractivity contribution in [2.45, 2.75) is 31.9 Å². The van der Waals surface area contributed by atoms with Gasteiger partial charge in [-0.05, 0) is 36.9 Å². The number of carbonyl (C=O) groups excluding carboxylic acids is 1. The van der Waals surface area contributed by atoms with Gasteiger partial charge in [0.05, 0.1) is 31.1 Å². The number of azide groups is 1. The van der Waals surface area contributed by atoms with E-state index in [0.717, 1.165) is 36.8 Å². The summed E-state index contributed by atoms with van der Waals surface area (Å²) in [7, 11) is 1.42. The predicted molar refractivity (Wildman–Crippen MR) is 107 cm³/mol. The Morgan fingerprint density at radius 3 is 3.10 bits per heavy atom. The highest BCUT2D eigenvalue weighted by atomic mass is 16.5. The molecule has 4 heterocycles. The fourth-order valence-electron chi connectivity index (χ4n) is 5.40. The third kappa shape index (κ3) is 2.71. The average molecular weight is 393 g/mol. The third-order valence-corrected chi connectivity index (χ3v) is 6.79. The molecule has 5 rings (SSSR count). The van der Waals surface area contributed by atoms with Gasteiger partial charge in [0, 0.05) is 52.1 Å². The predicted octanol–water partition coefficient (Wildman–Crippen LogP) is 4.12. The number of piperidine rings is 1. The normalized spacial score (nSPS) is 28.3. The number of aromatic nitrogens is 1. The lowest BCUT2D eigenvalue weighted by atomic mass is 9.72. The second-order valence-corrected chi connectivity index (χ2v) is 8.08. The summed E-state index contributed by atoms with van der Waals surface area (Å²) < 4.78 is 10.8. The van der Waals surface area contributed by atoms with Gasteiger partial charge in [-0.2, -0.15) is 0 Å². The van der Waals surface area contributed by atoms with Gasteiger partial charge in [-0.25, -0.2) is 4.79 Å². The molecule has 0 amide bonds. The van der Waals surface area contributed by atoms with Crippen molar-refractivity contribution >= 4 is 22.6 Å². The quantitative estimate of drug-likeness (QED) is 0.359. The maximum Gasteiger partial charge on any atom is 0.337 e. The van der Waals surface area contributed by atoms with Crippen LogP contribution in [0.3, 0.4) is 0 Å². The van der Waals surface area contributed by atoms with Crippen LogP contribution in [0.5, 0.6) is 0 Å². The summed E-state index contributed by atoms with van der Waals surface area (Å²) in [5, 5.41) is 4.92. The summed E-state index contributed by atoms with van der Waals surface area (Å²) in [5.41, 5.74) is 13.6. The van der Waals surface area contributed by atoms with Crippen LogP contribution in [-0.4, -0.2) is 42.2 Å². The molecule has 8 nitrogen and oxygen atoms in total. The first kappa shape index (κ1) is 18.1. The first-order chi connectivity index (χ1) is 14.1. The van der Waals surface area contributed by atoms with E-state index in [-0.39, 0.29) is 30.0 Å². The first-order valence-corrected chi connectivity index (χ1v) is 9.98. The number of nitrogens with zero attached hydrogens (tertiary/aromatic N) is 4. The van der Waals surface area contributed by atoms with Gasteiger partial charge in [0.25, 0.3) is 0 Å². The Kier molecular flexibility index (Phi) is 4.26. The van der Waals surface area contributed by atoms with Crippen molar-refractivity contribution in [3.63, 3.8) is 0 Å². The molecule has 1 aromatic carbocycles. The molecular weight excluding hydrogens is 370 g/mol. The molecule has 4 atom stereocenters. The van der Waals surface area contributed by atoms with Gasteiger partial charge < -0.3 is 14.5 Å². The molecule has 0 unspecified atom stereocenters. The van der Waals surface area contributed by atoms with Gasteiger partial charge >= 0.3 is 5.97 Å². The first-order valence-electron chi connectivity index (χ1n) is 9.98. The number of ether oxygens (including phenoxy) is 2. The molecule has 1 N–H and O–H groups in total. The van der Waals surface area contributed by atoms with Crippen LogP contribution in [0, 0.1) is 11.8 Å². The van der Waals surface area contributed by atoms with Crippen LogP contribution >= 0.6 is 0 Å². The van der Waals surface area contributed by atoms with Crippen LogP contribution in [0.1, 0.15) is 30.6 Å². The number of aromatic amines is 1. The van der Waals surface area contributed by atoms with Crippen LogP contribution in [-0.2, 0) is 20.7 Å². The number of fused-ring (bicyclic) bond motifs is 6. The molecule has 0 radical (unpaired) electrons. The second-order valence-electron chi connectivity index (χ2n) is 8.08. The molecule has 150 valence electrons. The summed E-state index contributed by atoms with van der Waals surface area (Å²) in [5.74, 6) is 0.0510. The van der Waals surface area contributed by atoms with Crippen LogP contribution in [0.2, 0.25) is 0 Å². The lowest BCUT2D eigenvalue weighted by Gasteiger charge is -2.49. The van der Waals surface area contributed by atoms with E-state index in [1.165, 1.54) is 18.4 Å². The number of rotatable bonds is 2. The molecule has 1 aromatic heterocycles. The monoisotopic (exact) mass is 393 g/mol. The molecule has 0 saturated carbocycles. The lowest BCUT2D eigenvalue weighted by molar-refractivity contribution is -0.139. The minimum atomic E-state index is -0.307. The Bertz CT molecular complexity index is 1070. The maximum absolute atomic E-state index is 12.4. The van der Waals surface area contributed by atoms with Crippen molar-refractivity contribution in [1.82, 2.24) is 9.88 Å². The van der Waals surface area contributed by atoms with E-state index < -0.39 is 0 Å². The Morgan fingerprint density at radius 2 is 2.31 bits per heavy atom. The molecule has 8 heteroatoms.